The number of rotatable bonds is 2. The third-order valence-electron chi connectivity index (χ3n) is 4.62. The molecule has 3 rings (SSSR count). The molecule has 0 bridgehead atoms. The number of likely N-dealkylation sites (tertiary alicyclic amines) is 1. The van der Waals surface area contributed by atoms with Crippen LogP contribution in [0.25, 0.3) is 0 Å². The van der Waals surface area contributed by atoms with Crippen LogP contribution in [0.4, 0.5) is 0 Å². The van der Waals surface area contributed by atoms with E-state index in [1.54, 1.807) is 0 Å². The van der Waals surface area contributed by atoms with Crippen molar-refractivity contribution in [3.8, 4) is 0 Å². The molecule has 2 aliphatic heterocycles. The fraction of sp³-hybridized carbons (Fsp3) is 0.625. The SMILES string of the molecule is CC1CCN(C2CCSc3ccccc32)C(CN)C1. The molecule has 3 heteroatoms. The van der Waals surface area contributed by atoms with Gasteiger partial charge in [0.05, 0.1) is 0 Å². The average molecular weight is 276 g/mol. The smallest absolute Gasteiger partial charge is 0.0370 e. The van der Waals surface area contributed by atoms with Crippen molar-refractivity contribution in [3.05, 3.63) is 29.8 Å². The molecule has 0 saturated carbocycles. The third kappa shape index (κ3) is 2.69. The van der Waals surface area contributed by atoms with Crippen molar-refractivity contribution in [1.29, 1.82) is 0 Å². The molecule has 3 atom stereocenters. The molecule has 1 aromatic rings. The largest absolute Gasteiger partial charge is 0.329 e. The Balaban J connectivity index is 1.86. The van der Waals surface area contributed by atoms with Crippen LogP contribution in [0.15, 0.2) is 29.2 Å². The lowest BCUT2D eigenvalue weighted by Crippen LogP contribution is -2.48. The highest BCUT2D eigenvalue weighted by Crippen LogP contribution is 2.41. The maximum atomic E-state index is 6.04. The number of piperidine rings is 1. The van der Waals surface area contributed by atoms with Crippen LogP contribution in [0.3, 0.4) is 0 Å². The van der Waals surface area contributed by atoms with Crippen molar-refractivity contribution in [1.82, 2.24) is 4.90 Å². The Labute approximate surface area is 120 Å². The fourth-order valence-electron chi connectivity index (χ4n) is 3.58. The van der Waals surface area contributed by atoms with Gasteiger partial charge in [-0.1, -0.05) is 25.1 Å². The number of benzene rings is 1. The van der Waals surface area contributed by atoms with Gasteiger partial charge < -0.3 is 5.73 Å². The van der Waals surface area contributed by atoms with Gasteiger partial charge in [0.25, 0.3) is 0 Å². The van der Waals surface area contributed by atoms with Crippen molar-refractivity contribution in [2.45, 2.75) is 43.2 Å². The number of hydrogen-bond acceptors (Lipinski definition) is 3. The number of fused-ring (bicyclic) bond motifs is 1. The molecule has 2 nitrogen and oxygen atoms in total. The van der Waals surface area contributed by atoms with Crippen LogP contribution in [0.5, 0.6) is 0 Å². The predicted molar refractivity (Wildman–Crippen MR) is 82.5 cm³/mol. The van der Waals surface area contributed by atoms with Crippen molar-refractivity contribution in [2.75, 3.05) is 18.8 Å². The Hall–Kier alpha value is -0.510. The zero-order chi connectivity index (χ0) is 13.2. The van der Waals surface area contributed by atoms with Crippen molar-refractivity contribution < 1.29 is 0 Å². The zero-order valence-electron chi connectivity index (χ0n) is 11.7. The van der Waals surface area contributed by atoms with Gasteiger partial charge in [-0.05, 0) is 49.1 Å². The lowest BCUT2D eigenvalue weighted by molar-refractivity contribution is 0.0720. The second-order valence-corrected chi connectivity index (χ2v) is 7.08. The van der Waals surface area contributed by atoms with Gasteiger partial charge in [0.15, 0.2) is 0 Å². The molecular weight excluding hydrogens is 252 g/mol. The van der Waals surface area contributed by atoms with Gasteiger partial charge >= 0.3 is 0 Å². The maximum Gasteiger partial charge on any atom is 0.0370 e. The predicted octanol–water partition coefficient (Wildman–Crippen LogP) is 3.28. The van der Waals surface area contributed by atoms with Gasteiger partial charge in [0, 0.05) is 23.5 Å². The molecule has 3 unspecified atom stereocenters. The van der Waals surface area contributed by atoms with Crippen molar-refractivity contribution >= 4 is 11.8 Å². The van der Waals surface area contributed by atoms with E-state index in [1.165, 1.54) is 42.0 Å². The fourth-order valence-corrected chi connectivity index (χ4v) is 4.69. The highest BCUT2D eigenvalue weighted by molar-refractivity contribution is 7.99. The summed E-state index contributed by atoms with van der Waals surface area (Å²) >= 11 is 2.01. The minimum Gasteiger partial charge on any atom is -0.329 e. The van der Waals surface area contributed by atoms with E-state index >= 15 is 0 Å². The highest BCUT2D eigenvalue weighted by atomic mass is 32.2. The van der Waals surface area contributed by atoms with Gasteiger partial charge in [-0.15, -0.1) is 11.8 Å². The summed E-state index contributed by atoms with van der Waals surface area (Å²) in [6.45, 7) is 4.38. The molecule has 2 aliphatic rings. The zero-order valence-corrected chi connectivity index (χ0v) is 12.5. The molecule has 104 valence electrons. The van der Waals surface area contributed by atoms with Crippen LogP contribution in [-0.2, 0) is 0 Å². The first-order chi connectivity index (χ1) is 9.29. The molecular formula is C16H24N2S. The monoisotopic (exact) mass is 276 g/mol. The number of nitrogens with two attached hydrogens (primary N) is 1. The highest BCUT2D eigenvalue weighted by Gasteiger charge is 2.33. The van der Waals surface area contributed by atoms with Crippen LogP contribution in [0.1, 0.15) is 37.8 Å². The first kappa shape index (κ1) is 13.5. The average Bonchev–Trinajstić information content (AvgIpc) is 2.46. The molecule has 0 spiro atoms. The summed E-state index contributed by atoms with van der Waals surface area (Å²) in [6, 6.07) is 10.1. The number of hydrogen-bond donors (Lipinski definition) is 1. The van der Waals surface area contributed by atoms with E-state index in [1.807, 2.05) is 11.8 Å². The van der Waals surface area contributed by atoms with Gasteiger partial charge in [0.1, 0.15) is 0 Å². The molecule has 1 saturated heterocycles. The summed E-state index contributed by atoms with van der Waals surface area (Å²) in [5, 5.41) is 0. The second kappa shape index (κ2) is 5.86. The van der Waals surface area contributed by atoms with Gasteiger partial charge in [-0.3, -0.25) is 4.90 Å². The normalized spacial score (nSPS) is 32.0. The van der Waals surface area contributed by atoms with E-state index < -0.39 is 0 Å². The summed E-state index contributed by atoms with van der Waals surface area (Å²) in [7, 11) is 0. The summed E-state index contributed by atoms with van der Waals surface area (Å²) in [4.78, 5) is 4.17. The van der Waals surface area contributed by atoms with Crippen molar-refractivity contribution in [3.63, 3.8) is 0 Å². The van der Waals surface area contributed by atoms with Crippen LogP contribution >= 0.6 is 11.8 Å². The van der Waals surface area contributed by atoms with E-state index in [0.29, 0.717) is 12.1 Å². The number of thioether (sulfide) groups is 1. The van der Waals surface area contributed by atoms with E-state index in [-0.39, 0.29) is 0 Å². The molecule has 0 amide bonds. The molecule has 1 aromatic carbocycles. The lowest BCUT2D eigenvalue weighted by Gasteiger charge is -2.44. The Kier molecular flexibility index (Phi) is 4.15. The first-order valence-corrected chi connectivity index (χ1v) is 8.45. The lowest BCUT2D eigenvalue weighted by atomic mass is 9.89. The van der Waals surface area contributed by atoms with Gasteiger partial charge in [0.2, 0.25) is 0 Å². The number of nitrogens with zero attached hydrogens (tertiary/aromatic N) is 1. The Bertz CT molecular complexity index is 435. The van der Waals surface area contributed by atoms with Crippen LogP contribution in [0, 0.1) is 5.92 Å². The topological polar surface area (TPSA) is 29.3 Å². The minimum absolute atomic E-state index is 0.574. The molecule has 0 radical (unpaired) electrons. The van der Waals surface area contributed by atoms with Crippen molar-refractivity contribution in [2.24, 2.45) is 11.7 Å². The first-order valence-electron chi connectivity index (χ1n) is 7.47. The minimum atomic E-state index is 0.574. The second-order valence-electron chi connectivity index (χ2n) is 5.95. The van der Waals surface area contributed by atoms with E-state index in [2.05, 4.69) is 36.1 Å². The molecule has 2 heterocycles. The van der Waals surface area contributed by atoms with Crippen LogP contribution < -0.4 is 5.73 Å². The Morgan fingerprint density at radius 2 is 2.16 bits per heavy atom. The summed E-state index contributed by atoms with van der Waals surface area (Å²) in [6.07, 6.45) is 3.86. The Morgan fingerprint density at radius 1 is 1.32 bits per heavy atom. The maximum absolute atomic E-state index is 6.04. The van der Waals surface area contributed by atoms with Gasteiger partial charge in [-0.2, -0.15) is 0 Å². The van der Waals surface area contributed by atoms with E-state index in [4.69, 9.17) is 5.73 Å². The molecule has 2 N–H and O–H groups in total. The van der Waals surface area contributed by atoms with Gasteiger partial charge in [-0.25, -0.2) is 0 Å². The third-order valence-corrected chi connectivity index (χ3v) is 5.75. The molecule has 0 aromatic heterocycles. The molecule has 1 fully saturated rings. The Morgan fingerprint density at radius 3 is 3.00 bits per heavy atom. The standard InChI is InChI=1S/C16H24N2S/c1-12-6-8-18(13(10-12)11-17)15-7-9-19-16-5-3-2-4-14(15)16/h2-5,12-13,15H,6-11,17H2,1H3. The summed E-state index contributed by atoms with van der Waals surface area (Å²) in [5.74, 6) is 2.07. The van der Waals surface area contributed by atoms with E-state index in [9.17, 15) is 0 Å². The van der Waals surface area contributed by atoms with Crippen LogP contribution in [-0.4, -0.2) is 29.8 Å². The summed E-state index contributed by atoms with van der Waals surface area (Å²) in [5.41, 5.74) is 7.57. The molecule has 0 aliphatic carbocycles. The van der Waals surface area contributed by atoms with E-state index in [0.717, 1.165) is 12.5 Å². The summed E-state index contributed by atoms with van der Waals surface area (Å²) < 4.78 is 0. The molecule has 19 heavy (non-hydrogen) atoms. The quantitative estimate of drug-likeness (QED) is 0.899. The van der Waals surface area contributed by atoms with Crippen LogP contribution in [0.2, 0.25) is 0 Å².